The lowest BCUT2D eigenvalue weighted by molar-refractivity contribution is -0.143. The number of amides is 1. The number of rotatable bonds is 9. The van der Waals surface area contributed by atoms with Crippen molar-refractivity contribution in [3.63, 3.8) is 0 Å². The van der Waals surface area contributed by atoms with Gasteiger partial charge in [-0.05, 0) is 11.5 Å². The summed E-state index contributed by atoms with van der Waals surface area (Å²) in [6, 6.07) is 9.13. The number of carbonyl (C=O) groups is 2. The van der Waals surface area contributed by atoms with Crippen LogP contribution >= 0.6 is 7.60 Å². The molecule has 1 amide bonds. The Balaban J connectivity index is 2.71. The van der Waals surface area contributed by atoms with E-state index in [2.05, 4.69) is 10.1 Å². The largest absolute Gasteiger partial charge is 0.467 e. The van der Waals surface area contributed by atoms with Crippen molar-refractivity contribution in [1.82, 2.24) is 5.32 Å². The van der Waals surface area contributed by atoms with Gasteiger partial charge in [0, 0.05) is 7.11 Å². The van der Waals surface area contributed by atoms with Crippen LogP contribution in [0.5, 0.6) is 0 Å². The van der Waals surface area contributed by atoms with E-state index in [0.29, 0.717) is 0 Å². The Labute approximate surface area is 147 Å². The molecule has 0 fully saturated rings. The number of carbonyl (C=O) groups excluding carboxylic acids is 2. The summed E-state index contributed by atoms with van der Waals surface area (Å²) in [6.07, 6.45) is -0.763. The molecule has 9 heteroatoms. The molecule has 0 saturated carbocycles. The number of nitrogens with one attached hydrogen (secondary N) is 1. The normalized spacial score (nSPS) is 14.4. The highest BCUT2D eigenvalue weighted by atomic mass is 31.2. The smallest absolute Gasteiger partial charge is 0.408 e. The molecule has 1 aromatic carbocycles. The van der Waals surface area contributed by atoms with Crippen molar-refractivity contribution in [2.24, 2.45) is 5.92 Å². The van der Waals surface area contributed by atoms with Gasteiger partial charge in [0.15, 0.2) is 6.61 Å². The zero-order valence-corrected chi connectivity index (χ0v) is 15.7. The minimum absolute atomic E-state index is 0.0673. The molecule has 2 atom stereocenters. The first-order valence-electron chi connectivity index (χ1n) is 7.66. The molecule has 0 saturated heterocycles. The van der Waals surface area contributed by atoms with Crippen LogP contribution in [-0.4, -0.2) is 38.7 Å². The van der Waals surface area contributed by atoms with Gasteiger partial charge in [-0.1, -0.05) is 44.2 Å². The van der Waals surface area contributed by atoms with Crippen LogP contribution in [0.1, 0.15) is 19.4 Å². The van der Waals surface area contributed by atoms with Gasteiger partial charge < -0.3 is 19.3 Å². The first kappa shape index (κ1) is 21.2. The molecule has 0 aliphatic carbocycles. The van der Waals surface area contributed by atoms with Gasteiger partial charge in [-0.15, -0.1) is 0 Å². The van der Waals surface area contributed by atoms with Gasteiger partial charge in [-0.25, -0.2) is 9.59 Å². The highest BCUT2D eigenvalue weighted by Gasteiger charge is 2.39. The molecule has 0 spiro atoms. The summed E-state index contributed by atoms with van der Waals surface area (Å²) in [6.45, 7) is 2.98. The van der Waals surface area contributed by atoms with Gasteiger partial charge in [0.2, 0.25) is 0 Å². The summed E-state index contributed by atoms with van der Waals surface area (Å²) in [4.78, 5) is 23.2. The lowest BCUT2D eigenvalue weighted by Gasteiger charge is -2.28. The predicted octanol–water partition coefficient (Wildman–Crippen LogP) is 2.92. The fourth-order valence-electron chi connectivity index (χ4n) is 1.94. The van der Waals surface area contributed by atoms with Crippen LogP contribution in [0.25, 0.3) is 0 Å². The van der Waals surface area contributed by atoms with E-state index in [4.69, 9.17) is 13.8 Å². The minimum atomic E-state index is -3.80. The third kappa shape index (κ3) is 6.86. The Hall–Kier alpha value is -1.89. The van der Waals surface area contributed by atoms with Crippen molar-refractivity contribution >= 4 is 19.7 Å². The van der Waals surface area contributed by atoms with E-state index >= 15 is 0 Å². The van der Waals surface area contributed by atoms with Gasteiger partial charge in [-0.2, -0.15) is 0 Å². The maximum Gasteiger partial charge on any atom is 0.408 e. The molecular weight excluding hydrogens is 349 g/mol. The summed E-state index contributed by atoms with van der Waals surface area (Å²) in [5, 5.41) is 2.49. The zero-order chi connectivity index (χ0) is 18.9. The molecule has 0 aromatic heterocycles. The van der Waals surface area contributed by atoms with Crippen molar-refractivity contribution in [2.75, 3.05) is 20.8 Å². The van der Waals surface area contributed by atoms with E-state index in [1.807, 2.05) is 30.3 Å². The molecule has 2 unspecified atom stereocenters. The van der Waals surface area contributed by atoms with Gasteiger partial charge in [0.25, 0.3) is 0 Å². The molecule has 0 bridgehead atoms. The first-order chi connectivity index (χ1) is 11.8. The monoisotopic (exact) mass is 373 g/mol. The number of hydrogen-bond acceptors (Lipinski definition) is 7. The molecule has 0 aliphatic rings. The minimum Gasteiger partial charge on any atom is -0.467 e. The summed E-state index contributed by atoms with van der Waals surface area (Å²) >= 11 is 0. The molecule has 1 N–H and O–H groups in total. The third-order valence-corrected chi connectivity index (χ3v) is 5.70. The third-order valence-electron chi connectivity index (χ3n) is 3.30. The Morgan fingerprint density at radius 3 is 2.32 bits per heavy atom. The molecule has 1 rings (SSSR count). The zero-order valence-electron chi connectivity index (χ0n) is 14.8. The van der Waals surface area contributed by atoms with E-state index in [9.17, 15) is 14.2 Å². The predicted molar refractivity (Wildman–Crippen MR) is 91.0 cm³/mol. The van der Waals surface area contributed by atoms with Crippen LogP contribution in [0.15, 0.2) is 30.3 Å². The number of benzene rings is 1. The number of alkyl carbamates (subject to hydrolysis) is 1. The van der Waals surface area contributed by atoms with E-state index in [-0.39, 0.29) is 12.5 Å². The van der Waals surface area contributed by atoms with Crippen molar-refractivity contribution in [3.8, 4) is 0 Å². The van der Waals surface area contributed by atoms with Crippen LogP contribution < -0.4 is 5.32 Å². The highest BCUT2D eigenvalue weighted by molar-refractivity contribution is 7.54. The van der Waals surface area contributed by atoms with Crippen LogP contribution in [0.2, 0.25) is 0 Å². The summed E-state index contributed by atoms with van der Waals surface area (Å²) in [7, 11) is -1.43. The molecule has 25 heavy (non-hydrogen) atoms. The van der Waals surface area contributed by atoms with E-state index in [0.717, 1.165) is 5.56 Å². The Morgan fingerprint density at radius 1 is 1.16 bits per heavy atom. The number of esters is 1. The number of hydrogen-bond donors (Lipinski definition) is 1. The lowest BCUT2D eigenvalue weighted by atomic mass is 10.2. The molecule has 8 nitrogen and oxygen atoms in total. The van der Waals surface area contributed by atoms with Crippen molar-refractivity contribution in [1.29, 1.82) is 0 Å². The molecule has 0 heterocycles. The Bertz CT molecular complexity index is 606. The van der Waals surface area contributed by atoms with Gasteiger partial charge in [0.05, 0.1) is 7.11 Å². The molecule has 0 radical (unpaired) electrons. The van der Waals surface area contributed by atoms with E-state index in [1.54, 1.807) is 13.8 Å². The van der Waals surface area contributed by atoms with Crippen LogP contribution in [-0.2, 0) is 34.5 Å². The molecule has 140 valence electrons. The Kier molecular flexibility index (Phi) is 8.61. The second-order valence-corrected chi connectivity index (χ2v) is 7.73. The van der Waals surface area contributed by atoms with Gasteiger partial charge in [0.1, 0.15) is 12.4 Å². The standard InChI is InChI=1S/C16H24NO7P/c1-12(2)15(25(20,22-4)24-11-14(18)21-3)17-16(19)23-10-13-8-6-5-7-9-13/h5-9,12,15H,10-11H2,1-4H3,(H,17,19). The van der Waals surface area contributed by atoms with E-state index in [1.165, 1.54) is 14.2 Å². The maximum atomic E-state index is 12.8. The Morgan fingerprint density at radius 2 is 1.80 bits per heavy atom. The van der Waals surface area contributed by atoms with Crippen LogP contribution in [0.4, 0.5) is 4.79 Å². The van der Waals surface area contributed by atoms with Gasteiger partial charge >= 0.3 is 19.7 Å². The average Bonchev–Trinajstić information content (AvgIpc) is 2.62. The van der Waals surface area contributed by atoms with Crippen LogP contribution in [0.3, 0.4) is 0 Å². The second kappa shape index (κ2) is 10.2. The fourth-order valence-corrected chi connectivity index (χ4v) is 3.72. The summed E-state index contributed by atoms with van der Waals surface area (Å²) in [5.74, 6) is -1.98. The maximum absolute atomic E-state index is 12.8. The molecule has 0 aliphatic heterocycles. The summed E-state index contributed by atoms with van der Waals surface area (Å²) in [5.41, 5.74) is 0.815. The van der Waals surface area contributed by atoms with Gasteiger partial charge in [-0.3, -0.25) is 9.09 Å². The molecule has 1 aromatic rings. The topological polar surface area (TPSA) is 100 Å². The number of methoxy groups -OCH3 is 1. The average molecular weight is 373 g/mol. The van der Waals surface area contributed by atoms with Crippen molar-refractivity contribution in [3.05, 3.63) is 35.9 Å². The van der Waals surface area contributed by atoms with Crippen molar-refractivity contribution in [2.45, 2.75) is 26.2 Å². The highest BCUT2D eigenvalue weighted by Crippen LogP contribution is 2.53. The number of ether oxygens (including phenoxy) is 2. The second-order valence-electron chi connectivity index (χ2n) is 5.47. The lowest BCUT2D eigenvalue weighted by Crippen LogP contribution is -2.39. The molecular formula is C16H24NO7P. The SMILES string of the molecule is COC(=O)COP(=O)(OC)C(NC(=O)OCc1ccccc1)C(C)C. The van der Waals surface area contributed by atoms with Crippen LogP contribution in [0, 0.1) is 5.92 Å². The first-order valence-corrected chi connectivity index (χ1v) is 9.27. The quantitative estimate of drug-likeness (QED) is 0.525. The summed E-state index contributed by atoms with van der Waals surface area (Å²) < 4.78 is 32.5. The van der Waals surface area contributed by atoms with Crippen molar-refractivity contribution < 1.29 is 32.7 Å². The fraction of sp³-hybridized carbons (Fsp3) is 0.500. The van der Waals surface area contributed by atoms with E-state index < -0.39 is 32.0 Å².